The van der Waals surface area contributed by atoms with Crippen LogP contribution in [0.25, 0.3) is 0 Å². The number of hydrogen-bond donors (Lipinski definition) is 1. The first-order valence-electron chi connectivity index (χ1n) is 8.09. The molecule has 1 N–H and O–H groups in total. The van der Waals surface area contributed by atoms with Gasteiger partial charge in [-0.1, -0.05) is 44.2 Å². The van der Waals surface area contributed by atoms with Gasteiger partial charge in [0.05, 0.1) is 0 Å². The van der Waals surface area contributed by atoms with Gasteiger partial charge in [-0.25, -0.2) is 0 Å². The Morgan fingerprint density at radius 2 is 1.95 bits per heavy atom. The lowest BCUT2D eigenvalue weighted by Crippen LogP contribution is -2.48. The van der Waals surface area contributed by atoms with Crippen LogP contribution in [-0.2, 0) is 6.42 Å². The Hall–Kier alpha value is -0.860. The Kier molecular flexibility index (Phi) is 6.06. The molecule has 0 saturated carbocycles. The zero-order valence-corrected chi connectivity index (χ0v) is 13.3. The first-order chi connectivity index (χ1) is 9.63. The summed E-state index contributed by atoms with van der Waals surface area (Å²) < 4.78 is 0. The lowest BCUT2D eigenvalue weighted by molar-refractivity contribution is 0.168. The van der Waals surface area contributed by atoms with Gasteiger partial charge in [0.2, 0.25) is 0 Å². The van der Waals surface area contributed by atoms with Crippen LogP contribution in [0.1, 0.15) is 32.3 Å². The number of benzene rings is 1. The fourth-order valence-electron chi connectivity index (χ4n) is 3.26. The Morgan fingerprint density at radius 3 is 2.65 bits per heavy atom. The van der Waals surface area contributed by atoms with E-state index >= 15 is 0 Å². The first kappa shape index (κ1) is 15.5. The van der Waals surface area contributed by atoms with Crippen LogP contribution >= 0.6 is 0 Å². The van der Waals surface area contributed by atoms with Crippen molar-refractivity contribution in [2.24, 2.45) is 11.8 Å². The Bertz CT molecular complexity index is 374. The Balaban J connectivity index is 1.81. The molecule has 2 unspecified atom stereocenters. The van der Waals surface area contributed by atoms with Crippen LogP contribution in [0, 0.1) is 11.8 Å². The van der Waals surface area contributed by atoms with Crippen molar-refractivity contribution in [3.05, 3.63) is 35.9 Å². The van der Waals surface area contributed by atoms with Crippen molar-refractivity contribution in [3.63, 3.8) is 0 Å². The molecule has 1 aromatic rings. The molecule has 1 aliphatic rings. The predicted octanol–water partition coefficient (Wildman–Crippen LogP) is 3.19. The fourth-order valence-corrected chi connectivity index (χ4v) is 3.26. The molecule has 2 rings (SSSR count). The van der Waals surface area contributed by atoms with Gasteiger partial charge in [-0.15, -0.1) is 0 Å². The molecule has 1 fully saturated rings. The van der Waals surface area contributed by atoms with Gasteiger partial charge < -0.3 is 10.2 Å². The van der Waals surface area contributed by atoms with E-state index in [9.17, 15) is 0 Å². The summed E-state index contributed by atoms with van der Waals surface area (Å²) in [5.41, 5.74) is 1.48. The molecule has 0 aromatic heterocycles. The van der Waals surface area contributed by atoms with E-state index in [0.717, 1.165) is 18.4 Å². The van der Waals surface area contributed by atoms with Gasteiger partial charge in [-0.05, 0) is 50.3 Å². The van der Waals surface area contributed by atoms with Gasteiger partial charge in [-0.3, -0.25) is 0 Å². The summed E-state index contributed by atoms with van der Waals surface area (Å²) in [4.78, 5) is 2.49. The monoisotopic (exact) mass is 274 g/mol. The SMILES string of the molecule is CC(C)CCNC1CC(Cc2ccccc2)CN(C)C1. The molecule has 2 atom stereocenters. The third kappa shape index (κ3) is 5.26. The molecule has 1 saturated heterocycles. The molecule has 0 amide bonds. The number of likely N-dealkylation sites (N-methyl/N-ethyl adjacent to an activating group) is 1. The number of nitrogens with zero attached hydrogens (tertiary/aromatic N) is 1. The van der Waals surface area contributed by atoms with Gasteiger partial charge in [0.15, 0.2) is 0 Å². The summed E-state index contributed by atoms with van der Waals surface area (Å²) in [5.74, 6) is 1.58. The molecule has 2 heteroatoms. The summed E-state index contributed by atoms with van der Waals surface area (Å²) in [5, 5.41) is 3.76. The third-order valence-electron chi connectivity index (χ3n) is 4.24. The number of likely N-dealkylation sites (tertiary alicyclic amines) is 1. The maximum atomic E-state index is 3.76. The van der Waals surface area contributed by atoms with E-state index in [4.69, 9.17) is 0 Å². The lowest BCUT2D eigenvalue weighted by atomic mass is 9.89. The molecule has 1 heterocycles. The van der Waals surface area contributed by atoms with Crippen molar-refractivity contribution in [1.29, 1.82) is 0 Å². The molecule has 0 aliphatic carbocycles. The minimum atomic E-state index is 0.668. The summed E-state index contributed by atoms with van der Waals surface area (Å²) in [7, 11) is 2.26. The van der Waals surface area contributed by atoms with Crippen molar-refractivity contribution < 1.29 is 0 Å². The number of hydrogen-bond acceptors (Lipinski definition) is 2. The van der Waals surface area contributed by atoms with Crippen molar-refractivity contribution in [1.82, 2.24) is 10.2 Å². The minimum Gasteiger partial charge on any atom is -0.313 e. The van der Waals surface area contributed by atoms with Gasteiger partial charge in [0, 0.05) is 19.1 Å². The number of nitrogens with one attached hydrogen (secondary N) is 1. The minimum absolute atomic E-state index is 0.668. The molecule has 112 valence electrons. The molecule has 0 spiro atoms. The summed E-state index contributed by atoms with van der Waals surface area (Å²) >= 11 is 0. The van der Waals surface area contributed by atoms with Gasteiger partial charge >= 0.3 is 0 Å². The largest absolute Gasteiger partial charge is 0.313 e. The van der Waals surface area contributed by atoms with Crippen LogP contribution in [0.2, 0.25) is 0 Å². The van der Waals surface area contributed by atoms with E-state index in [1.807, 2.05) is 0 Å². The van der Waals surface area contributed by atoms with E-state index in [1.165, 1.54) is 37.9 Å². The Morgan fingerprint density at radius 1 is 1.20 bits per heavy atom. The van der Waals surface area contributed by atoms with Crippen molar-refractivity contribution in [3.8, 4) is 0 Å². The third-order valence-corrected chi connectivity index (χ3v) is 4.24. The van der Waals surface area contributed by atoms with Crippen LogP contribution in [0.15, 0.2) is 30.3 Å². The molecule has 20 heavy (non-hydrogen) atoms. The molecular formula is C18H30N2. The summed E-state index contributed by atoms with van der Waals surface area (Å²) in [6.45, 7) is 8.19. The molecule has 1 aromatic carbocycles. The smallest absolute Gasteiger partial charge is 0.0198 e. The highest BCUT2D eigenvalue weighted by Crippen LogP contribution is 2.20. The van der Waals surface area contributed by atoms with Gasteiger partial charge in [-0.2, -0.15) is 0 Å². The zero-order chi connectivity index (χ0) is 14.4. The quantitative estimate of drug-likeness (QED) is 0.857. The first-order valence-corrected chi connectivity index (χ1v) is 8.09. The van der Waals surface area contributed by atoms with Gasteiger partial charge in [0.1, 0.15) is 0 Å². The average Bonchev–Trinajstić information content (AvgIpc) is 2.38. The highest BCUT2D eigenvalue weighted by atomic mass is 15.1. The van der Waals surface area contributed by atoms with Crippen LogP contribution in [0.3, 0.4) is 0 Å². The summed E-state index contributed by atoms with van der Waals surface area (Å²) in [6, 6.07) is 11.6. The summed E-state index contributed by atoms with van der Waals surface area (Å²) in [6.07, 6.45) is 3.81. The Labute approximate surface area is 124 Å². The van der Waals surface area contributed by atoms with E-state index in [1.54, 1.807) is 0 Å². The molecule has 0 bridgehead atoms. The second-order valence-corrected chi connectivity index (χ2v) is 6.85. The van der Waals surface area contributed by atoms with Crippen LogP contribution in [-0.4, -0.2) is 37.6 Å². The average molecular weight is 274 g/mol. The topological polar surface area (TPSA) is 15.3 Å². The molecular weight excluding hydrogens is 244 g/mol. The normalized spacial score (nSPS) is 24.2. The van der Waals surface area contributed by atoms with E-state index in [-0.39, 0.29) is 0 Å². The number of rotatable bonds is 6. The fraction of sp³-hybridized carbons (Fsp3) is 0.667. The highest BCUT2D eigenvalue weighted by Gasteiger charge is 2.24. The maximum Gasteiger partial charge on any atom is 0.0198 e. The lowest BCUT2D eigenvalue weighted by Gasteiger charge is -2.36. The number of piperidine rings is 1. The second kappa shape index (κ2) is 7.80. The van der Waals surface area contributed by atoms with E-state index in [2.05, 4.69) is 61.4 Å². The van der Waals surface area contributed by atoms with Crippen LogP contribution in [0.5, 0.6) is 0 Å². The van der Waals surface area contributed by atoms with E-state index in [0.29, 0.717) is 6.04 Å². The molecule has 2 nitrogen and oxygen atoms in total. The predicted molar refractivity (Wildman–Crippen MR) is 87.0 cm³/mol. The van der Waals surface area contributed by atoms with Crippen molar-refractivity contribution >= 4 is 0 Å². The van der Waals surface area contributed by atoms with Crippen molar-refractivity contribution in [2.75, 3.05) is 26.7 Å². The molecule has 0 radical (unpaired) electrons. The standard InChI is InChI=1S/C18H30N2/c1-15(2)9-10-19-18-12-17(13-20(3)14-18)11-16-7-5-4-6-8-16/h4-8,15,17-19H,9-14H2,1-3H3. The second-order valence-electron chi connectivity index (χ2n) is 6.85. The maximum absolute atomic E-state index is 3.76. The van der Waals surface area contributed by atoms with Crippen molar-refractivity contribution in [2.45, 2.75) is 39.2 Å². The van der Waals surface area contributed by atoms with E-state index < -0.39 is 0 Å². The molecule has 1 aliphatic heterocycles. The van der Waals surface area contributed by atoms with Crippen LogP contribution in [0.4, 0.5) is 0 Å². The van der Waals surface area contributed by atoms with Gasteiger partial charge in [0.25, 0.3) is 0 Å². The zero-order valence-electron chi connectivity index (χ0n) is 13.3. The highest BCUT2D eigenvalue weighted by molar-refractivity contribution is 5.15. The van der Waals surface area contributed by atoms with Crippen LogP contribution < -0.4 is 5.32 Å².